The summed E-state index contributed by atoms with van der Waals surface area (Å²) in [6.07, 6.45) is -0.396. The number of carbonyl (C=O) groups is 2. The van der Waals surface area contributed by atoms with Crippen molar-refractivity contribution in [2.24, 2.45) is 5.92 Å². The molecule has 0 saturated carbocycles. The normalized spacial score (nSPS) is 38.0. The number of hydrogen-bond acceptors (Lipinski definition) is 4. The van der Waals surface area contributed by atoms with Gasteiger partial charge in [0.1, 0.15) is 6.10 Å². The predicted molar refractivity (Wildman–Crippen MR) is 45.3 cm³/mol. The molecule has 2 rings (SSSR count). The zero-order valence-corrected chi connectivity index (χ0v) is 8.25. The van der Waals surface area contributed by atoms with E-state index >= 15 is 0 Å². The first-order valence-electron chi connectivity index (χ1n) is 3.99. The van der Waals surface area contributed by atoms with Crippen molar-refractivity contribution in [3.05, 3.63) is 0 Å². The first-order chi connectivity index (χ1) is 6.16. The van der Waals surface area contributed by atoms with Crippen molar-refractivity contribution in [1.82, 2.24) is 4.90 Å². The molecule has 2 unspecified atom stereocenters. The maximum absolute atomic E-state index is 11.5. The van der Waals surface area contributed by atoms with E-state index in [9.17, 15) is 9.59 Å². The first-order valence-corrected chi connectivity index (χ1v) is 4.46. The van der Waals surface area contributed by atoms with Gasteiger partial charge in [-0.25, -0.2) is 4.79 Å². The lowest BCUT2D eigenvalue weighted by atomic mass is 10.0. The van der Waals surface area contributed by atoms with Crippen molar-refractivity contribution >= 4 is 21.3 Å². The fraction of sp³-hybridized carbons (Fsp3) is 0.714. The molecular weight excluding hydrogens is 193 g/mol. The Bertz CT molecular complexity index is 269. The number of hydrogen-bond donors (Lipinski definition) is 0. The van der Waals surface area contributed by atoms with E-state index in [1.54, 1.807) is 6.92 Å². The van der Waals surface area contributed by atoms with E-state index in [1.165, 1.54) is 4.90 Å². The van der Waals surface area contributed by atoms with Crippen LogP contribution in [0.2, 0.25) is 0 Å². The van der Waals surface area contributed by atoms with Crippen molar-refractivity contribution in [1.29, 1.82) is 0 Å². The topological polar surface area (TPSA) is 55.8 Å². The molecule has 0 aromatic carbocycles. The Kier molecular flexibility index (Phi) is 2.00. The Morgan fingerprint density at radius 3 is 2.92 bits per heavy atom. The molecule has 1 amide bonds. The zero-order valence-electron chi connectivity index (χ0n) is 7.10. The van der Waals surface area contributed by atoms with E-state index < -0.39 is 12.1 Å². The van der Waals surface area contributed by atoms with E-state index in [0.717, 1.165) is 0 Å². The van der Waals surface area contributed by atoms with Crippen LogP contribution in [-0.2, 0) is 18.8 Å². The zero-order chi connectivity index (χ0) is 9.59. The van der Waals surface area contributed by atoms with Crippen LogP contribution >= 0.6 is 9.47 Å². The number of rotatable bonds is 1. The molecule has 0 aliphatic carbocycles. The molecule has 0 aromatic rings. The van der Waals surface area contributed by atoms with Crippen LogP contribution in [0.1, 0.15) is 6.92 Å². The fourth-order valence-electron chi connectivity index (χ4n) is 1.81. The summed E-state index contributed by atoms with van der Waals surface area (Å²) in [6, 6.07) is -0.542. The van der Waals surface area contributed by atoms with Gasteiger partial charge < -0.3 is 9.26 Å². The minimum Gasteiger partial charge on any atom is -0.443 e. The van der Waals surface area contributed by atoms with Gasteiger partial charge in [0.2, 0.25) is 5.91 Å². The van der Waals surface area contributed by atoms with Gasteiger partial charge in [0.15, 0.2) is 12.8 Å². The van der Waals surface area contributed by atoms with Gasteiger partial charge in [-0.2, -0.15) is 0 Å². The second kappa shape index (κ2) is 2.93. The molecular formula is C7H10NO4P. The van der Waals surface area contributed by atoms with Crippen LogP contribution in [0.15, 0.2) is 0 Å². The lowest BCUT2D eigenvalue weighted by Gasteiger charge is -2.14. The number of ether oxygens (including phenoxy) is 1. The monoisotopic (exact) mass is 203 g/mol. The van der Waals surface area contributed by atoms with E-state index in [0.29, 0.717) is 0 Å². The van der Waals surface area contributed by atoms with Gasteiger partial charge in [-0.05, 0) is 0 Å². The van der Waals surface area contributed by atoms with E-state index in [2.05, 4.69) is 9.47 Å². The van der Waals surface area contributed by atoms with Gasteiger partial charge in [0.05, 0.1) is 5.92 Å². The highest BCUT2D eigenvalue weighted by atomic mass is 31.0. The smallest absolute Gasteiger partial charge is 0.333 e. The molecule has 4 atom stereocenters. The third-order valence-corrected chi connectivity index (χ3v) is 2.87. The number of carbonyl (C=O) groups excluding carboxylic acids is 2. The van der Waals surface area contributed by atoms with Crippen LogP contribution in [0.25, 0.3) is 0 Å². The molecule has 2 aliphatic heterocycles. The van der Waals surface area contributed by atoms with Crippen LogP contribution < -0.4 is 0 Å². The number of amides is 1. The summed E-state index contributed by atoms with van der Waals surface area (Å²) >= 11 is 0. The van der Waals surface area contributed by atoms with Crippen molar-refractivity contribution in [3.8, 4) is 0 Å². The predicted octanol–water partition coefficient (Wildman–Crippen LogP) is -0.477. The summed E-state index contributed by atoms with van der Waals surface area (Å²) in [4.78, 5) is 24.1. The maximum atomic E-state index is 11.5. The van der Waals surface area contributed by atoms with Crippen LogP contribution in [0.3, 0.4) is 0 Å². The highest BCUT2D eigenvalue weighted by molar-refractivity contribution is 7.09. The van der Waals surface area contributed by atoms with Crippen LogP contribution in [-0.4, -0.2) is 35.7 Å². The lowest BCUT2D eigenvalue weighted by Crippen LogP contribution is -2.35. The van der Waals surface area contributed by atoms with Crippen molar-refractivity contribution in [2.75, 3.05) is 6.73 Å². The Labute approximate surface area is 77.6 Å². The SMILES string of the molecule is CC1C(=O)N2COC(=O)[C@@H]2[C@H]1OP. The summed E-state index contributed by atoms with van der Waals surface area (Å²) in [6.45, 7) is 1.82. The standard InChI is InChI=1S/C7H10NO4P/c1-3-5(12-13)4-7(10)11-2-8(4)6(3)9/h3-5H,2,13H2,1H3/t3?,4-,5-/m0/s1. The molecule has 0 spiro atoms. The molecule has 0 N–H and O–H groups in total. The highest BCUT2D eigenvalue weighted by Crippen LogP contribution is 2.32. The summed E-state index contributed by atoms with van der Waals surface area (Å²) in [7, 11) is 2.09. The van der Waals surface area contributed by atoms with Gasteiger partial charge >= 0.3 is 5.97 Å². The van der Waals surface area contributed by atoms with E-state index in [-0.39, 0.29) is 24.5 Å². The number of fused-ring (bicyclic) bond motifs is 1. The lowest BCUT2D eigenvalue weighted by molar-refractivity contribution is -0.141. The average Bonchev–Trinajstić information content (AvgIpc) is 2.58. The first kappa shape index (κ1) is 8.91. The highest BCUT2D eigenvalue weighted by Gasteiger charge is 2.54. The molecule has 13 heavy (non-hydrogen) atoms. The van der Waals surface area contributed by atoms with Crippen LogP contribution in [0, 0.1) is 5.92 Å². The summed E-state index contributed by atoms with van der Waals surface area (Å²) < 4.78 is 9.78. The largest absolute Gasteiger partial charge is 0.443 e. The average molecular weight is 203 g/mol. The molecule has 0 radical (unpaired) electrons. The van der Waals surface area contributed by atoms with E-state index in [4.69, 9.17) is 9.26 Å². The molecule has 2 heterocycles. The number of nitrogens with zero attached hydrogens (tertiary/aromatic N) is 1. The van der Waals surface area contributed by atoms with Gasteiger partial charge in [-0.1, -0.05) is 6.92 Å². The third-order valence-electron chi connectivity index (χ3n) is 2.56. The molecule has 2 aliphatic rings. The summed E-state index contributed by atoms with van der Waals surface area (Å²) in [5.41, 5.74) is 0. The molecule has 0 bridgehead atoms. The minimum absolute atomic E-state index is 0.0667. The van der Waals surface area contributed by atoms with Crippen molar-refractivity contribution in [3.63, 3.8) is 0 Å². The molecule has 5 nitrogen and oxygen atoms in total. The third kappa shape index (κ3) is 1.07. The Balaban J connectivity index is 2.30. The van der Waals surface area contributed by atoms with Crippen molar-refractivity contribution in [2.45, 2.75) is 19.1 Å². The van der Waals surface area contributed by atoms with Gasteiger partial charge in [-0.3, -0.25) is 9.69 Å². The van der Waals surface area contributed by atoms with Crippen LogP contribution in [0.4, 0.5) is 0 Å². The summed E-state index contributed by atoms with van der Waals surface area (Å²) in [5.74, 6) is -0.719. The molecule has 6 heteroatoms. The fourth-order valence-corrected chi connectivity index (χ4v) is 2.19. The van der Waals surface area contributed by atoms with E-state index in [1.807, 2.05) is 0 Å². The molecule has 2 fully saturated rings. The minimum atomic E-state index is -0.542. The van der Waals surface area contributed by atoms with Gasteiger partial charge in [-0.15, -0.1) is 0 Å². The molecule has 2 saturated heterocycles. The van der Waals surface area contributed by atoms with Gasteiger partial charge in [0.25, 0.3) is 0 Å². The Morgan fingerprint density at radius 2 is 2.31 bits per heavy atom. The van der Waals surface area contributed by atoms with Crippen LogP contribution in [0.5, 0.6) is 0 Å². The quantitative estimate of drug-likeness (QED) is 0.426. The number of cyclic esters (lactones) is 1. The maximum Gasteiger partial charge on any atom is 0.333 e. The second-order valence-electron chi connectivity index (χ2n) is 3.23. The molecule has 72 valence electrons. The van der Waals surface area contributed by atoms with Gasteiger partial charge in [0, 0.05) is 9.47 Å². The Morgan fingerprint density at radius 1 is 1.62 bits per heavy atom. The summed E-state index contributed by atoms with van der Waals surface area (Å²) in [5, 5.41) is 0. The molecule has 0 aromatic heterocycles. The Hall–Kier alpha value is -0.670. The second-order valence-corrected chi connectivity index (χ2v) is 3.51. The van der Waals surface area contributed by atoms with Crippen molar-refractivity contribution < 1.29 is 18.8 Å². The number of esters is 1.